The van der Waals surface area contributed by atoms with Crippen LogP contribution in [-0.4, -0.2) is 42.5 Å². The summed E-state index contributed by atoms with van der Waals surface area (Å²) in [5, 5.41) is 3.36. The highest BCUT2D eigenvalue weighted by Gasteiger charge is 2.16. The van der Waals surface area contributed by atoms with Gasteiger partial charge >= 0.3 is 0 Å². The number of nitrogens with zero attached hydrogens (tertiary/aromatic N) is 2. The van der Waals surface area contributed by atoms with Gasteiger partial charge in [-0.15, -0.1) is 12.4 Å². The van der Waals surface area contributed by atoms with E-state index in [0.29, 0.717) is 6.42 Å². The summed E-state index contributed by atoms with van der Waals surface area (Å²) in [6.07, 6.45) is 6.78. The molecule has 0 unspecified atom stereocenters. The van der Waals surface area contributed by atoms with Crippen molar-refractivity contribution in [3.8, 4) is 0 Å². The minimum atomic E-state index is 0. The smallest absolute Gasteiger partial charge is 0.222 e. The maximum Gasteiger partial charge on any atom is 0.222 e. The van der Waals surface area contributed by atoms with Gasteiger partial charge in [-0.25, -0.2) is 0 Å². The quantitative estimate of drug-likeness (QED) is 0.876. The Morgan fingerprint density at radius 1 is 1.38 bits per heavy atom. The summed E-state index contributed by atoms with van der Waals surface area (Å²) >= 11 is 0. The predicted molar refractivity (Wildman–Crippen MR) is 87.7 cm³/mol. The van der Waals surface area contributed by atoms with Crippen molar-refractivity contribution in [2.24, 2.45) is 5.92 Å². The average Bonchev–Trinajstić information content (AvgIpc) is 2.52. The van der Waals surface area contributed by atoms with E-state index in [1.54, 1.807) is 6.20 Å². The van der Waals surface area contributed by atoms with E-state index < -0.39 is 0 Å². The number of hydrogen-bond acceptors (Lipinski definition) is 3. The van der Waals surface area contributed by atoms with Crippen LogP contribution in [0.5, 0.6) is 0 Å². The molecular weight excluding hydrogens is 286 g/mol. The largest absolute Gasteiger partial charge is 0.345 e. The van der Waals surface area contributed by atoms with Gasteiger partial charge in [0.2, 0.25) is 5.91 Å². The Bertz CT molecular complexity index is 407. The highest BCUT2D eigenvalue weighted by molar-refractivity contribution is 5.85. The molecule has 1 fully saturated rings. The van der Waals surface area contributed by atoms with Crippen molar-refractivity contribution in [1.29, 1.82) is 0 Å². The fraction of sp³-hybridized carbons (Fsp3) is 0.625. The van der Waals surface area contributed by atoms with Crippen LogP contribution in [0.3, 0.4) is 0 Å². The zero-order chi connectivity index (χ0) is 14.2. The van der Waals surface area contributed by atoms with Crippen LogP contribution in [0, 0.1) is 5.92 Å². The second-order valence-corrected chi connectivity index (χ2v) is 5.62. The van der Waals surface area contributed by atoms with Gasteiger partial charge in [-0.2, -0.15) is 0 Å². The van der Waals surface area contributed by atoms with Gasteiger partial charge in [-0.3, -0.25) is 9.78 Å². The lowest BCUT2D eigenvalue weighted by Gasteiger charge is -2.23. The normalized spacial score (nSPS) is 15.3. The van der Waals surface area contributed by atoms with Crippen LogP contribution in [0.1, 0.15) is 31.4 Å². The molecule has 1 N–H and O–H groups in total. The van der Waals surface area contributed by atoms with Crippen LogP contribution in [0.4, 0.5) is 0 Å². The van der Waals surface area contributed by atoms with Crippen molar-refractivity contribution < 1.29 is 4.79 Å². The number of piperidine rings is 1. The lowest BCUT2D eigenvalue weighted by molar-refractivity contribution is -0.130. The molecule has 0 bridgehead atoms. The molecule has 2 heterocycles. The van der Waals surface area contributed by atoms with Crippen molar-refractivity contribution >= 4 is 18.3 Å². The van der Waals surface area contributed by atoms with E-state index in [9.17, 15) is 4.79 Å². The molecule has 0 aromatic carbocycles. The zero-order valence-electron chi connectivity index (χ0n) is 12.8. The minimum absolute atomic E-state index is 0. The summed E-state index contributed by atoms with van der Waals surface area (Å²) in [6.45, 7) is 2.96. The summed E-state index contributed by atoms with van der Waals surface area (Å²) in [7, 11) is 1.90. The fourth-order valence-electron chi connectivity index (χ4n) is 2.64. The predicted octanol–water partition coefficient (Wildman–Crippen LogP) is 2.28. The first-order valence-corrected chi connectivity index (χ1v) is 7.60. The molecule has 0 radical (unpaired) electrons. The molecule has 2 rings (SSSR count). The summed E-state index contributed by atoms with van der Waals surface area (Å²) in [4.78, 5) is 18.2. The zero-order valence-corrected chi connectivity index (χ0v) is 13.6. The second kappa shape index (κ2) is 9.74. The SMILES string of the molecule is CN(CCc1ccccn1)C(=O)CCC1CCNCC1.Cl. The topological polar surface area (TPSA) is 45.2 Å². The van der Waals surface area contributed by atoms with Gasteiger partial charge in [-0.1, -0.05) is 6.07 Å². The molecule has 1 aromatic heterocycles. The first-order chi connectivity index (χ1) is 9.75. The molecular formula is C16H26ClN3O. The Hall–Kier alpha value is -1.13. The molecule has 1 saturated heterocycles. The first-order valence-electron chi connectivity index (χ1n) is 7.60. The molecule has 1 amide bonds. The van der Waals surface area contributed by atoms with Gasteiger partial charge < -0.3 is 10.2 Å². The number of aromatic nitrogens is 1. The number of rotatable bonds is 6. The molecule has 21 heavy (non-hydrogen) atoms. The van der Waals surface area contributed by atoms with Crippen molar-refractivity contribution in [2.45, 2.75) is 32.1 Å². The maximum absolute atomic E-state index is 12.1. The van der Waals surface area contributed by atoms with Gasteiger partial charge in [0.15, 0.2) is 0 Å². The third-order valence-corrected chi connectivity index (χ3v) is 4.08. The molecule has 1 aromatic rings. The van der Waals surface area contributed by atoms with E-state index in [4.69, 9.17) is 0 Å². The summed E-state index contributed by atoms with van der Waals surface area (Å²) in [5.41, 5.74) is 1.05. The van der Waals surface area contributed by atoms with Crippen molar-refractivity contribution in [1.82, 2.24) is 15.2 Å². The van der Waals surface area contributed by atoms with Crippen LogP contribution in [0.15, 0.2) is 24.4 Å². The molecule has 0 atom stereocenters. The van der Waals surface area contributed by atoms with Gasteiger partial charge in [-0.05, 0) is 50.4 Å². The highest BCUT2D eigenvalue weighted by atomic mass is 35.5. The Kier molecular flexibility index (Phi) is 8.31. The molecule has 5 heteroatoms. The van der Waals surface area contributed by atoms with E-state index in [1.165, 1.54) is 12.8 Å². The number of amides is 1. The number of likely N-dealkylation sites (N-methyl/N-ethyl adjacent to an activating group) is 1. The van der Waals surface area contributed by atoms with E-state index in [-0.39, 0.29) is 18.3 Å². The molecule has 4 nitrogen and oxygen atoms in total. The summed E-state index contributed by atoms with van der Waals surface area (Å²) in [6, 6.07) is 5.91. The number of hydrogen-bond donors (Lipinski definition) is 1. The van der Waals surface area contributed by atoms with Gasteiger partial charge in [0.05, 0.1) is 0 Å². The molecule has 1 aliphatic heterocycles. The summed E-state index contributed by atoms with van der Waals surface area (Å²) in [5.74, 6) is 0.990. The molecule has 0 spiro atoms. The van der Waals surface area contributed by atoms with Crippen molar-refractivity contribution in [3.05, 3.63) is 30.1 Å². The molecule has 1 aliphatic rings. The van der Waals surface area contributed by atoms with Crippen LogP contribution in [-0.2, 0) is 11.2 Å². The fourth-order valence-corrected chi connectivity index (χ4v) is 2.64. The third kappa shape index (κ3) is 6.44. The Balaban J connectivity index is 0.00000220. The number of carbonyl (C=O) groups is 1. The lowest BCUT2D eigenvalue weighted by atomic mass is 9.93. The monoisotopic (exact) mass is 311 g/mol. The Morgan fingerprint density at radius 2 is 2.14 bits per heavy atom. The Labute approximate surface area is 133 Å². The minimum Gasteiger partial charge on any atom is -0.345 e. The number of pyridine rings is 1. The Morgan fingerprint density at radius 3 is 2.81 bits per heavy atom. The van der Waals surface area contributed by atoms with Crippen molar-refractivity contribution in [2.75, 3.05) is 26.7 Å². The van der Waals surface area contributed by atoms with E-state index in [0.717, 1.165) is 44.1 Å². The average molecular weight is 312 g/mol. The van der Waals surface area contributed by atoms with Crippen LogP contribution in [0.2, 0.25) is 0 Å². The van der Waals surface area contributed by atoms with Gasteiger partial charge in [0, 0.05) is 38.3 Å². The molecule has 0 saturated carbocycles. The standard InChI is InChI=1S/C16H25N3O.ClH/c1-19(13-9-15-4-2-3-10-18-15)16(20)6-5-14-7-11-17-12-8-14;/h2-4,10,14,17H,5-9,11-13H2,1H3;1H. The molecule has 0 aliphatic carbocycles. The maximum atomic E-state index is 12.1. The van der Waals surface area contributed by atoms with Crippen LogP contribution >= 0.6 is 12.4 Å². The van der Waals surface area contributed by atoms with Gasteiger partial charge in [0.1, 0.15) is 0 Å². The summed E-state index contributed by atoms with van der Waals surface area (Å²) < 4.78 is 0. The van der Waals surface area contributed by atoms with E-state index in [1.807, 2.05) is 30.1 Å². The van der Waals surface area contributed by atoms with Crippen LogP contribution < -0.4 is 5.32 Å². The van der Waals surface area contributed by atoms with E-state index in [2.05, 4.69) is 10.3 Å². The lowest BCUT2D eigenvalue weighted by Crippen LogP contribution is -2.31. The highest BCUT2D eigenvalue weighted by Crippen LogP contribution is 2.18. The van der Waals surface area contributed by atoms with Gasteiger partial charge in [0.25, 0.3) is 0 Å². The number of carbonyl (C=O) groups excluding carboxylic acids is 1. The first kappa shape index (κ1) is 17.9. The van der Waals surface area contributed by atoms with Crippen LogP contribution in [0.25, 0.3) is 0 Å². The molecule has 118 valence electrons. The van der Waals surface area contributed by atoms with Crippen molar-refractivity contribution in [3.63, 3.8) is 0 Å². The second-order valence-electron chi connectivity index (χ2n) is 5.62. The number of halogens is 1. The number of nitrogens with one attached hydrogen (secondary N) is 1. The van der Waals surface area contributed by atoms with E-state index >= 15 is 0 Å². The third-order valence-electron chi connectivity index (χ3n) is 4.08.